The molecule has 0 radical (unpaired) electrons. The quantitative estimate of drug-likeness (QED) is 0.661. The molecule has 6 heteroatoms. The standard InChI is InChI=1S/C25H28N2O4/c1-17-7-8-21-19(16-31-23(21)13-17)14-24(28)26-20-9-11-27(12-10-20)25(29)15-18-5-3-4-6-22(18)30-2/h3-8,13,16,20H,9-12,14-15H2,1-2H3,(H,26,28). The number of para-hydroxylation sites is 1. The van der Waals surface area contributed by atoms with Crippen LogP contribution in [0.3, 0.4) is 0 Å². The van der Waals surface area contributed by atoms with Crippen LogP contribution in [0.15, 0.2) is 53.1 Å². The Hall–Kier alpha value is -3.28. The second-order valence-corrected chi connectivity index (χ2v) is 8.15. The van der Waals surface area contributed by atoms with E-state index < -0.39 is 0 Å². The highest BCUT2D eigenvalue weighted by Gasteiger charge is 2.24. The fraction of sp³-hybridized carbons (Fsp3) is 0.360. The van der Waals surface area contributed by atoms with Crippen molar-refractivity contribution in [2.75, 3.05) is 20.2 Å². The number of rotatable bonds is 6. The average molecular weight is 421 g/mol. The third-order valence-electron chi connectivity index (χ3n) is 5.91. The molecule has 1 aliphatic rings. The van der Waals surface area contributed by atoms with E-state index in [-0.39, 0.29) is 17.9 Å². The Morgan fingerprint density at radius 3 is 2.65 bits per heavy atom. The summed E-state index contributed by atoms with van der Waals surface area (Å²) in [6.45, 7) is 3.31. The Balaban J connectivity index is 1.27. The molecular formula is C25H28N2O4. The van der Waals surface area contributed by atoms with Crippen molar-refractivity contribution in [3.05, 3.63) is 65.4 Å². The predicted octanol–water partition coefficient (Wildman–Crippen LogP) is 3.64. The molecule has 1 fully saturated rings. The minimum atomic E-state index is -0.0120. The van der Waals surface area contributed by atoms with Crippen molar-refractivity contribution < 1.29 is 18.7 Å². The highest BCUT2D eigenvalue weighted by Crippen LogP contribution is 2.23. The number of nitrogens with zero attached hydrogens (tertiary/aromatic N) is 1. The molecule has 31 heavy (non-hydrogen) atoms. The monoisotopic (exact) mass is 420 g/mol. The largest absolute Gasteiger partial charge is 0.496 e. The molecule has 0 unspecified atom stereocenters. The molecule has 2 amide bonds. The Bertz CT molecular complexity index is 1080. The van der Waals surface area contributed by atoms with E-state index in [1.807, 2.05) is 54.3 Å². The fourth-order valence-electron chi connectivity index (χ4n) is 4.18. The number of benzene rings is 2. The molecule has 162 valence electrons. The minimum Gasteiger partial charge on any atom is -0.496 e. The lowest BCUT2D eigenvalue weighted by molar-refractivity contribution is -0.131. The van der Waals surface area contributed by atoms with Crippen LogP contribution in [-0.4, -0.2) is 43.0 Å². The van der Waals surface area contributed by atoms with E-state index in [2.05, 4.69) is 5.32 Å². The molecule has 4 rings (SSSR count). The van der Waals surface area contributed by atoms with E-state index in [1.165, 1.54) is 0 Å². The van der Waals surface area contributed by atoms with Gasteiger partial charge in [-0.3, -0.25) is 9.59 Å². The van der Waals surface area contributed by atoms with Gasteiger partial charge in [-0.25, -0.2) is 0 Å². The van der Waals surface area contributed by atoms with Crippen LogP contribution in [0.1, 0.15) is 29.5 Å². The number of methoxy groups -OCH3 is 1. The van der Waals surface area contributed by atoms with Crippen molar-refractivity contribution in [1.29, 1.82) is 0 Å². The lowest BCUT2D eigenvalue weighted by atomic mass is 10.0. The number of amides is 2. The van der Waals surface area contributed by atoms with E-state index >= 15 is 0 Å². The van der Waals surface area contributed by atoms with Crippen LogP contribution in [-0.2, 0) is 22.4 Å². The number of piperidine rings is 1. The van der Waals surface area contributed by atoms with Gasteiger partial charge in [0, 0.05) is 35.6 Å². The molecule has 1 N–H and O–H groups in total. The number of carbonyl (C=O) groups is 2. The molecule has 2 heterocycles. The van der Waals surface area contributed by atoms with Gasteiger partial charge in [-0.1, -0.05) is 30.3 Å². The molecule has 0 saturated carbocycles. The average Bonchev–Trinajstić information content (AvgIpc) is 3.16. The van der Waals surface area contributed by atoms with Crippen molar-refractivity contribution >= 4 is 22.8 Å². The molecule has 6 nitrogen and oxygen atoms in total. The van der Waals surface area contributed by atoms with Gasteiger partial charge < -0.3 is 19.4 Å². The van der Waals surface area contributed by atoms with E-state index in [9.17, 15) is 9.59 Å². The number of hydrogen-bond acceptors (Lipinski definition) is 4. The van der Waals surface area contributed by atoms with Gasteiger partial charge in [-0.15, -0.1) is 0 Å². The van der Waals surface area contributed by atoms with Crippen molar-refractivity contribution in [3.8, 4) is 5.75 Å². The topological polar surface area (TPSA) is 71.8 Å². The zero-order chi connectivity index (χ0) is 21.8. The third kappa shape index (κ3) is 4.90. The van der Waals surface area contributed by atoms with Gasteiger partial charge in [0.1, 0.15) is 11.3 Å². The molecule has 0 aliphatic carbocycles. The predicted molar refractivity (Wildman–Crippen MR) is 119 cm³/mol. The summed E-state index contributed by atoms with van der Waals surface area (Å²) in [5.74, 6) is 0.816. The van der Waals surface area contributed by atoms with Gasteiger partial charge in [0.05, 0.1) is 26.2 Å². The van der Waals surface area contributed by atoms with Crippen molar-refractivity contribution in [3.63, 3.8) is 0 Å². The highest BCUT2D eigenvalue weighted by atomic mass is 16.5. The summed E-state index contributed by atoms with van der Waals surface area (Å²) in [4.78, 5) is 27.1. The minimum absolute atomic E-state index is 0.0120. The first kappa shape index (κ1) is 21.0. The Labute approximate surface area is 182 Å². The number of likely N-dealkylation sites (tertiary alicyclic amines) is 1. The maximum Gasteiger partial charge on any atom is 0.227 e. The van der Waals surface area contributed by atoms with Gasteiger partial charge in [0.25, 0.3) is 0 Å². The Morgan fingerprint density at radius 1 is 1.10 bits per heavy atom. The number of nitrogens with one attached hydrogen (secondary N) is 1. The van der Waals surface area contributed by atoms with Crippen LogP contribution in [0.5, 0.6) is 5.75 Å². The van der Waals surface area contributed by atoms with E-state index in [1.54, 1.807) is 13.4 Å². The zero-order valence-corrected chi connectivity index (χ0v) is 18.0. The van der Waals surface area contributed by atoms with Crippen molar-refractivity contribution in [2.45, 2.75) is 38.6 Å². The summed E-state index contributed by atoms with van der Waals surface area (Å²) in [7, 11) is 1.62. The van der Waals surface area contributed by atoms with E-state index in [0.717, 1.165) is 46.3 Å². The van der Waals surface area contributed by atoms with E-state index in [0.29, 0.717) is 25.9 Å². The Kier molecular flexibility index (Phi) is 6.26. The Morgan fingerprint density at radius 2 is 1.87 bits per heavy atom. The molecule has 0 spiro atoms. The maximum atomic E-state index is 12.7. The van der Waals surface area contributed by atoms with Crippen LogP contribution < -0.4 is 10.1 Å². The smallest absolute Gasteiger partial charge is 0.227 e. The van der Waals surface area contributed by atoms with Crippen LogP contribution in [0.4, 0.5) is 0 Å². The highest BCUT2D eigenvalue weighted by molar-refractivity contribution is 5.88. The first-order valence-electron chi connectivity index (χ1n) is 10.7. The number of fused-ring (bicyclic) bond motifs is 1. The summed E-state index contributed by atoms with van der Waals surface area (Å²) in [6.07, 6.45) is 3.81. The molecule has 3 aromatic rings. The zero-order valence-electron chi connectivity index (χ0n) is 18.0. The van der Waals surface area contributed by atoms with Gasteiger partial charge in [-0.2, -0.15) is 0 Å². The molecule has 2 aromatic carbocycles. The second-order valence-electron chi connectivity index (χ2n) is 8.15. The molecular weight excluding hydrogens is 392 g/mol. The summed E-state index contributed by atoms with van der Waals surface area (Å²) in [5, 5.41) is 4.11. The van der Waals surface area contributed by atoms with Crippen LogP contribution in [0.25, 0.3) is 11.0 Å². The third-order valence-corrected chi connectivity index (χ3v) is 5.91. The van der Waals surface area contributed by atoms with Gasteiger partial charge >= 0.3 is 0 Å². The van der Waals surface area contributed by atoms with Gasteiger partial charge in [0.2, 0.25) is 11.8 Å². The molecule has 1 saturated heterocycles. The normalized spacial score (nSPS) is 14.6. The molecule has 1 aliphatic heterocycles. The summed E-state index contributed by atoms with van der Waals surface area (Å²) in [5.41, 5.74) is 3.74. The van der Waals surface area contributed by atoms with Crippen molar-refractivity contribution in [1.82, 2.24) is 10.2 Å². The van der Waals surface area contributed by atoms with Crippen LogP contribution in [0.2, 0.25) is 0 Å². The molecule has 1 aromatic heterocycles. The molecule has 0 bridgehead atoms. The lowest BCUT2D eigenvalue weighted by Gasteiger charge is -2.32. The van der Waals surface area contributed by atoms with E-state index in [4.69, 9.17) is 9.15 Å². The van der Waals surface area contributed by atoms with Crippen LogP contribution in [0, 0.1) is 6.92 Å². The summed E-state index contributed by atoms with van der Waals surface area (Å²) < 4.78 is 10.9. The number of carbonyl (C=O) groups excluding carboxylic acids is 2. The molecule has 0 atom stereocenters. The first-order valence-corrected chi connectivity index (χ1v) is 10.7. The summed E-state index contributed by atoms with van der Waals surface area (Å²) >= 11 is 0. The van der Waals surface area contributed by atoms with Crippen molar-refractivity contribution in [2.24, 2.45) is 0 Å². The number of hydrogen-bond donors (Lipinski definition) is 1. The second kappa shape index (κ2) is 9.25. The SMILES string of the molecule is COc1ccccc1CC(=O)N1CCC(NC(=O)Cc2coc3cc(C)ccc23)CC1. The number of ether oxygens (including phenoxy) is 1. The van der Waals surface area contributed by atoms with Crippen LogP contribution >= 0.6 is 0 Å². The maximum absolute atomic E-state index is 12.7. The summed E-state index contributed by atoms with van der Waals surface area (Å²) in [6, 6.07) is 13.7. The first-order chi connectivity index (χ1) is 15.0. The number of furan rings is 1. The fourth-order valence-corrected chi connectivity index (χ4v) is 4.18. The van der Waals surface area contributed by atoms with Gasteiger partial charge in [-0.05, 0) is 37.5 Å². The number of aryl methyl sites for hydroxylation is 1. The lowest BCUT2D eigenvalue weighted by Crippen LogP contribution is -2.47. The van der Waals surface area contributed by atoms with Gasteiger partial charge in [0.15, 0.2) is 0 Å².